The van der Waals surface area contributed by atoms with E-state index in [0.29, 0.717) is 0 Å². The highest BCUT2D eigenvalue weighted by Crippen LogP contribution is 2.36. The van der Waals surface area contributed by atoms with E-state index in [1.54, 1.807) is 0 Å². The SMILES string of the molecule is Brc1ccc2c3c(cccc13)C1=NCCN=C12. The monoisotopic (exact) mass is 284 g/mol. The van der Waals surface area contributed by atoms with E-state index in [-0.39, 0.29) is 0 Å². The van der Waals surface area contributed by atoms with Gasteiger partial charge in [-0.1, -0.05) is 40.2 Å². The molecule has 0 bridgehead atoms. The fourth-order valence-corrected chi connectivity index (χ4v) is 3.13. The number of hydrogen-bond acceptors (Lipinski definition) is 2. The highest BCUT2D eigenvalue weighted by Gasteiger charge is 2.28. The summed E-state index contributed by atoms with van der Waals surface area (Å²) in [6, 6.07) is 10.6. The molecule has 1 aliphatic heterocycles. The Morgan fingerprint density at radius 2 is 1.59 bits per heavy atom. The van der Waals surface area contributed by atoms with Crippen molar-refractivity contribution in [1.82, 2.24) is 0 Å². The van der Waals surface area contributed by atoms with Crippen LogP contribution >= 0.6 is 15.9 Å². The molecule has 3 heteroatoms. The average molecular weight is 285 g/mol. The zero-order valence-corrected chi connectivity index (χ0v) is 10.7. The van der Waals surface area contributed by atoms with Crippen LogP contribution in [0.2, 0.25) is 0 Å². The van der Waals surface area contributed by atoms with Crippen molar-refractivity contribution in [3.05, 3.63) is 45.9 Å². The molecule has 1 heterocycles. The minimum atomic E-state index is 0.810. The predicted octanol–water partition coefficient (Wildman–Crippen LogP) is 3.21. The Hall–Kier alpha value is -1.48. The number of nitrogens with zero attached hydrogens (tertiary/aromatic N) is 2. The van der Waals surface area contributed by atoms with E-state index in [1.165, 1.54) is 21.9 Å². The summed E-state index contributed by atoms with van der Waals surface area (Å²) >= 11 is 3.61. The second-order valence-corrected chi connectivity index (χ2v) is 5.14. The van der Waals surface area contributed by atoms with E-state index in [4.69, 9.17) is 0 Å². The quantitative estimate of drug-likeness (QED) is 0.710. The Morgan fingerprint density at radius 3 is 2.35 bits per heavy atom. The fraction of sp³-hybridized carbons (Fsp3) is 0.143. The van der Waals surface area contributed by atoms with Gasteiger partial charge in [0.15, 0.2) is 0 Å². The zero-order chi connectivity index (χ0) is 11.4. The van der Waals surface area contributed by atoms with Gasteiger partial charge in [-0.15, -0.1) is 0 Å². The third-order valence-corrected chi connectivity index (χ3v) is 4.05. The van der Waals surface area contributed by atoms with Gasteiger partial charge in [0, 0.05) is 21.0 Å². The number of aliphatic imine (C=N–C) groups is 2. The Kier molecular flexibility index (Phi) is 1.83. The Labute approximate surface area is 107 Å². The van der Waals surface area contributed by atoms with Crippen molar-refractivity contribution < 1.29 is 0 Å². The van der Waals surface area contributed by atoms with Crippen LogP contribution in [0.25, 0.3) is 10.8 Å². The third kappa shape index (κ3) is 1.15. The molecule has 0 radical (unpaired) electrons. The number of fused-ring (bicyclic) bond motifs is 3. The minimum absolute atomic E-state index is 0.810. The van der Waals surface area contributed by atoms with E-state index < -0.39 is 0 Å². The Morgan fingerprint density at radius 1 is 0.882 bits per heavy atom. The molecule has 4 rings (SSSR count). The molecule has 0 unspecified atom stereocenters. The highest BCUT2D eigenvalue weighted by atomic mass is 79.9. The van der Waals surface area contributed by atoms with E-state index in [0.717, 1.165) is 29.0 Å². The zero-order valence-electron chi connectivity index (χ0n) is 9.07. The number of benzene rings is 2. The first-order valence-electron chi connectivity index (χ1n) is 5.67. The van der Waals surface area contributed by atoms with Gasteiger partial charge in [0.2, 0.25) is 0 Å². The number of halogens is 1. The summed E-state index contributed by atoms with van der Waals surface area (Å²) in [5.74, 6) is 0. The fourth-order valence-electron chi connectivity index (χ4n) is 2.66. The summed E-state index contributed by atoms with van der Waals surface area (Å²) in [6.07, 6.45) is 0. The molecule has 17 heavy (non-hydrogen) atoms. The molecule has 2 aliphatic rings. The van der Waals surface area contributed by atoms with Crippen LogP contribution in [-0.2, 0) is 0 Å². The van der Waals surface area contributed by atoms with Crippen molar-refractivity contribution in [2.75, 3.05) is 13.1 Å². The summed E-state index contributed by atoms with van der Waals surface area (Å²) in [5, 5.41) is 2.54. The van der Waals surface area contributed by atoms with Gasteiger partial charge in [-0.25, -0.2) is 0 Å². The average Bonchev–Trinajstić information content (AvgIpc) is 2.70. The van der Waals surface area contributed by atoms with Gasteiger partial charge in [0.05, 0.1) is 24.5 Å². The molecule has 1 aliphatic carbocycles. The smallest absolute Gasteiger partial charge is 0.0912 e. The van der Waals surface area contributed by atoms with E-state index >= 15 is 0 Å². The molecule has 2 aromatic carbocycles. The normalized spacial score (nSPS) is 16.8. The minimum Gasteiger partial charge on any atom is -0.280 e. The molecule has 0 N–H and O–H groups in total. The predicted molar refractivity (Wildman–Crippen MR) is 74.5 cm³/mol. The Balaban J connectivity index is 2.24. The van der Waals surface area contributed by atoms with E-state index in [1.807, 2.05) is 0 Å². The maximum atomic E-state index is 4.63. The van der Waals surface area contributed by atoms with Gasteiger partial charge >= 0.3 is 0 Å². The molecule has 0 aromatic heterocycles. The summed E-state index contributed by atoms with van der Waals surface area (Å²) in [5.41, 5.74) is 4.62. The molecule has 0 spiro atoms. The number of rotatable bonds is 0. The van der Waals surface area contributed by atoms with Gasteiger partial charge in [0.25, 0.3) is 0 Å². The van der Waals surface area contributed by atoms with Gasteiger partial charge < -0.3 is 0 Å². The van der Waals surface area contributed by atoms with E-state index in [9.17, 15) is 0 Å². The van der Waals surface area contributed by atoms with Crippen molar-refractivity contribution in [2.24, 2.45) is 9.98 Å². The van der Waals surface area contributed by atoms with Gasteiger partial charge in [-0.2, -0.15) is 0 Å². The topological polar surface area (TPSA) is 24.7 Å². The standard InChI is InChI=1S/C14H9BrN2/c15-11-5-4-10-12-8(11)2-1-3-9(12)13-14(10)17-7-6-16-13/h1-5H,6-7H2. The molecule has 2 aromatic rings. The lowest BCUT2D eigenvalue weighted by molar-refractivity contribution is 0.966. The van der Waals surface area contributed by atoms with Gasteiger partial charge in [-0.3, -0.25) is 9.98 Å². The molecule has 0 atom stereocenters. The molecule has 82 valence electrons. The van der Waals surface area contributed by atoms with Crippen LogP contribution in [0.4, 0.5) is 0 Å². The van der Waals surface area contributed by atoms with Gasteiger partial charge in [-0.05, 0) is 11.5 Å². The lowest BCUT2D eigenvalue weighted by atomic mass is 10.1. The maximum absolute atomic E-state index is 4.63. The molecule has 0 fully saturated rings. The maximum Gasteiger partial charge on any atom is 0.0912 e. The van der Waals surface area contributed by atoms with Crippen LogP contribution in [0.15, 0.2) is 44.8 Å². The molecule has 2 nitrogen and oxygen atoms in total. The molecule has 0 saturated carbocycles. The van der Waals surface area contributed by atoms with Crippen LogP contribution in [-0.4, -0.2) is 24.5 Å². The van der Waals surface area contributed by atoms with Crippen molar-refractivity contribution in [2.45, 2.75) is 0 Å². The van der Waals surface area contributed by atoms with E-state index in [2.05, 4.69) is 56.2 Å². The van der Waals surface area contributed by atoms with Crippen LogP contribution in [0, 0.1) is 0 Å². The summed E-state index contributed by atoms with van der Waals surface area (Å²) in [7, 11) is 0. The second kappa shape index (κ2) is 3.26. The first kappa shape index (κ1) is 9.54. The Bertz CT molecular complexity index is 687. The van der Waals surface area contributed by atoms with Gasteiger partial charge in [0.1, 0.15) is 0 Å². The van der Waals surface area contributed by atoms with Crippen molar-refractivity contribution in [3.63, 3.8) is 0 Å². The van der Waals surface area contributed by atoms with Crippen molar-refractivity contribution >= 4 is 38.1 Å². The summed E-state index contributed by atoms with van der Waals surface area (Å²) < 4.78 is 1.14. The molecular weight excluding hydrogens is 276 g/mol. The van der Waals surface area contributed by atoms with Crippen LogP contribution in [0.5, 0.6) is 0 Å². The van der Waals surface area contributed by atoms with Crippen LogP contribution < -0.4 is 0 Å². The third-order valence-electron chi connectivity index (χ3n) is 3.36. The molecule has 0 saturated heterocycles. The summed E-state index contributed by atoms with van der Waals surface area (Å²) in [6.45, 7) is 1.62. The van der Waals surface area contributed by atoms with Crippen molar-refractivity contribution in [3.8, 4) is 0 Å². The molecule has 0 amide bonds. The highest BCUT2D eigenvalue weighted by molar-refractivity contribution is 9.10. The first-order valence-corrected chi connectivity index (χ1v) is 6.47. The molecular formula is C14H9BrN2. The number of hydrogen-bond donors (Lipinski definition) is 0. The lowest BCUT2D eigenvalue weighted by Gasteiger charge is -2.07. The lowest BCUT2D eigenvalue weighted by Crippen LogP contribution is -2.17. The second-order valence-electron chi connectivity index (χ2n) is 4.28. The largest absolute Gasteiger partial charge is 0.280 e. The van der Waals surface area contributed by atoms with Crippen molar-refractivity contribution in [1.29, 1.82) is 0 Å². The summed E-state index contributed by atoms with van der Waals surface area (Å²) in [4.78, 5) is 9.26. The first-order chi connectivity index (χ1) is 8.36. The van der Waals surface area contributed by atoms with Crippen LogP contribution in [0.3, 0.4) is 0 Å². The van der Waals surface area contributed by atoms with Crippen LogP contribution in [0.1, 0.15) is 11.1 Å².